The van der Waals surface area contributed by atoms with Crippen molar-refractivity contribution in [3.05, 3.63) is 0 Å². The quantitative estimate of drug-likeness (QED) is 0.728. The number of rotatable bonds is 5. The first-order chi connectivity index (χ1) is 8.65. The first kappa shape index (κ1) is 15.1. The first-order valence-electron chi connectivity index (χ1n) is 7.45. The van der Waals surface area contributed by atoms with Crippen molar-refractivity contribution in [3.8, 4) is 0 Å². The van der Waals surface area contributed by atoms with Gasteiger partial charge in [-0.15, -0.1) is 0 Å². The van der Waals surface area contributed by atoms with Gasteiger partial charge >= 0.3 is 6.18 Å². The fourth-order valence-corrected chi connectivity index (χ4v) is 4.51. The highest BCUT2D eigenvalue weighted by Gasteiger charge is 2.58. The van der Waals surface area contributed by atoms with Crippen LogP contribution in [0.4, 0.5) is 13.2 Å². The van der Waals surface area contributed by atoms with E-state index in [2.05, 4.69) is 26.1 Å². The Hall–Kier alpha value is -0.250. The lowest BCUT2D eigenvalue weighted by molar-refractivity contribution is -0.135. The van der Waals surface area contributed by atoms with Crippen LogP contribution < -0.4 is 5.32 Å². The molecule has 1 N–H and O–H groups in total. The van der Waals surface area contributed by atoms with E-state index in [4.69, 9.17) is 0 Å². The van der Waals surface area contributed by atoms with E-state index in [9.17, 15) is 13.2 Å². The van der Waals surface area contributed by atoms with Gasteiger partial charge in [0.2, 0.25) is 0 Å². The minimum Gasteiger partial charge on any atom is -0.313 e. The number of hydrogen-bond acceptors (Lipinski definition) is 1. The van der Waals surface area contributed by atoms with E-state index in [1.807, 2.05) is 0 Å². The van der Waals surface area contributed by atoms with E-state index in [-0.39, 0.29) is 11.8 Å². The predicted molar refractivity (Wildman–Crippen MR) is 70.9 cm³/mol. The molecule has 0 amide bonds. The van der Waals surface area contributed by atoms with E-state index >= 15 is 0 Å². The highest BCUT2D eigenvalue weighted by Crippen LogP contribution is 2.62. The molecule has 1 nitrogen and oxygen atoms in total. The van der Waals surface area contributed by atoms with E-state index in [0.29, 0.717) is 24.4 Å². The minimum atomic E-state index is -4.00. The molecule has 2 aliphatic rings. The van der Waals surface area contributed by atoms with Gasteiger partial charge in [-0.1, -0.05) is 20.8 Å². The SMILES string of the molecule is CC12CCC(C1)C(C)(C)C2NCCCCC(F)(F)F. The zero-order chi connectivity index (χ0) is 14.3. The topological polar surface area (TPSA) is 12.0 Å². The fraction of sp³-hybridized carbons (Fsp3) is 1.00. The first-order valence-corrected chi connectivity index (χ1v) is 7.45. The van der Waals surface area contributed by atoms with Crippen LogP contribution >= 0.6 is 0 Å². The summed E-state index contributed by atoms with van der Waals surface area (Å²) in [5, 5.41) is 3.56. The lowest BCUT2D eigenvalue weighted by Crippen LogP contribution is -2.50. The predicted octanol–water partition coefficient (Wildman–Crippen LogP) is 4.52. The summed E-state index contributed by atoms with van der Waals surface area (Å²) in [6.45, 7) is 7.69. The van der Waals surface area contributed by atoms with E-state index in [0.717, 1.165) is 5.92 Å². The van der Waals surface area contributed by atoms with Crippen LogP contribution in [0.3, 0.4) is 0 Å². The Morgan fingerprint density at radius 3 is 2.37 bits per heavy atom. The zero-order valence-electron chi connectivity index (χ0n) is 12.2. The van der Waals surface area contributed by atoms with Crippen molar-refractivity contribution >= 4 is 0 Å². The van der Waals surface area contributed by atoms with Gasteiger partial charge in [-0.2, -0.15) is 13.2 Å². The third-order valence-corrected chi connectivity index (χ3v) is 5.51. The number of alkyl halides is 3. The highest BCUT2D eigenvalue weighted by atomic mass is 19.4. The summed E-state index contributed by atoms with van der Waals surface area (Å²) in [4.78, 5) is 0. The molecule has 3 atom stereocenters. The molecule has 112 valence electrons. The molecule has 0 aliphatic heterocycles. The Kier molecular flexibility index (Phi) is 3.94. The molecule has 0 saturated heterocycles. The molecule has 2 bridgehead atoms. The Balaban J connectivity index is 1.77. The van der Waals surface area contributed by atoms with Crippen molar-refractivity contribution < 1.29 is 13.2 Å². The van der Waals surface area contributed by atoms with Crippen LogP contribution in [-0.4, -0.2) is 18.8 Å². The largest absolute Gasteiger partial charge is 0.389 e. The van der Waals surface area contributed by atoms with Gasteiger partial charge in [0, 0.05) is 12.5 Å². The summed E-state index contributed by atoms with van der Waals surface area (Å²) in [7, 11) is 0. The third kappa shape index (κ3) is 3.09. The van der Waals surface area contributed by atoms with Crippen molar-refractivity contribution in [1.29, 1.82) is 0 Å². The standard InChI is InChI=1S/C15H26F3N/c1-13(2)11-6-8-14(3,10-11)12(13)19-9-5-4-7-15(16,17)18/h11-12,19H,4-10H2,1-3H3. The van der Waals surface area contributed by atoms with Crippen molar-refractivity contribution in [2.75, 3.05) is 6.54 Å². The summed E-state index contributed by atoms with van der Waals surface area (Å²) < 4.78 is 36.2. The second-order valence-corrected chi connectivity index (χ2v) is 7.37. The summed E-state index contributed by atoms with van der Waals surface area (Å²) in [5.74, 6) is 0.783. The van der Waals surface area contributed by atoms with Crippen LogP contribution in [0.1, 0.15) is 59.3 Å². The molecule has 2 rings (SSSR count). The molecule has 0 aromatic heterocycles. The van der Waals surface area contributed by atoms with Crippen LogP contribution in [-0.2, 0) is 0 Å². The fourth-order valence-electron chi connectivity index (χ4n) is 4.51. The molecule has 0 radical (unpaired) electrons. The second-order valence-electron chi connectivity index (χ2n) is 7.37. The lowest BCUT2D eigenvalue weighted by atomic mass is 9.68. The van der Waals surface area contributed by atoms with Gasteiger partial charge in [-0.25, -0.2) is 0 Å². The van der Waals surface area contributed by atoms with Gasteiger partial charge in [0.1, 0.15) is 0 Å². The molecule has 3 unspecified atom stereocenters. The molecule has 2 fully saturated rings. The Morgan fingerprint density at radius 2 is 1.84 bits per heavy atom. The average molecular weight is 277 g/mol. The van der Waals surface area contributed by atoms with Gasteiger partial charge in [0.05, 0.1) is 0 Å². The van der Waals surface area contributed by atoms with Gasteiger partial charge in [0.25, 0.3) is 0 Å². The zero-order valence-corrected chi connectivity index (χ0v) is 12.2. The van der Waals surface area contributed by atoms with Crippen molar-refractivity contribution in [1.82, 2.24) is 5.32 Å². The summed E-state index contributed by atoms with van der Waals surface area (Å²) in [5.41, 5.74) is 0.648. The molecule has 0 aromatic carbocycles. The summed E-state index contributed by atoms with van der Waals surface area (Å²) >= 11 is 0. The number of halogens is 3. The molecular weight excluding hydrogens is 251 g/mol. The summed E-state index contributed by atoms with van der Waals surface area (Å²) in [6, 6.07) is 0.463. The molecule has 4 heteroatoms. The molecule has 2 saturated carbocycles. The highest BCUT2D eigenvalue weighted by molar-refractivity contribution is 5.11. The van der Waals surface area contributed by atoms with Crippen molar-refractivity contribution in [3.63, 3.8) is 0 Å². The maximum atomic E-state index is 12.1. The third-order valence-electron chi connectivity index (χ3n) is 5.51. The number of unbranched alkanes of at least 4 members (excludes halogenated alkanes) is 1. The van der Waals surface area contributed by atoms with Crippen LogP contribution in [0.5, 0.6) is 0 Å². The van der Waals surface area contributed by atoms with Gasteiger partial charge < -0.3 is 5.32 Å². The van der Waals surface area contributed by atoms with Gasteiger partial charge in [-0.05, 0) is 55.4 Å². The molecule has 0 spiro atoms. The van der Waals surface area contributed by atoms with Crippen LogP contribution in [0, 0.1) is 16.7 Å². The van der Waals surface area contributed by atoms with Crippen molar-refractivity contribution in [2.24, 2.45) is 16.7 Å². The van der Waals surface area contributed by atoms with E-state index < -0.39 is 12.6 Å². The monoisotopic (exact) mass is 277 g/mol. The lowest BCUT2D eigenvalue weighted by Gasteiger charge is -2.43. The smallest absolute Gasteiger partial charge is 0.313 e. The van der Waals surface area contributed by atoms with Gasteiger partial charge in [-0.3, -0.25) is 0 Å². The van der Waals surface area contributed by atoms with E-state index in [1.165, 1.54) is 19.3 Å². The number of fused-ring (bicyclic) bond motifs is 2. The Labute approximate surface area is 114 Å². The van der Waals surface area contributed by atoms with Gasteiger partial charge in [0.15, 0.2) is 0 Å². The molecular formula is C15H26F3N. The Bertz CT molecular complexity index is 319. The molecule has 0 aromatic rings. The van der Waals surface area contributed by atoms with Crippen LogP contribution in [0.15, 0.2) is 0 Å². The van der Waals surface area contributed by atoms with E-state index in [1.54, 1.807) is 0 Å². The van der Waals surface area contributed by atoms with Crippen molar-refractivity contribution in [2.45, 2.75) is 71.5 Å². The molecule has 2 aliphatic carbocycles. The maximum absolute atomic E-state index is 12.1. The minimum absolute atomic E-state index is 0.240. The number of hydrogen-bond donors (Lipinski definition) is 1. The molecule has 19 heavy (non-hydrogen) atoms. The second kappa shape index (κ2) is 4.94. The van der Waals surface area contributed by atoms with Crippen LogP contribution in [0.2, 0.25) is 0 Å². The average Bonchev–Trinajstić information content (AvgIpc) is 2.71. The summed E-state index contributed by atoms with van der Waals surface area (Å²) in [6.07, 6.45) is 0.0637. The Morgan fingerprint density at radius 1 is 1.16 bits per heavy atom. The maximum Gasteiger partial charge on any atom is 0.389 e. The normalized spacial score (nSPS) is 36.9. The van der Waals surface area contributed by atoms with Crippen LogP contribution in [0.25, 0.3) is 0 Å². The molecule has 0 heterocycles. The number of nitrogens with one attached hydrogen (secondary N) is 1.